The molecule has 0 unspecified atom stereocenters. The van der Waals surface area contributed by atoms with Crippen LogP contribution in [0.4, 0.5) is 4.79 Å². The number of hydrogen-bond acceptors (Lipinski definition) is 6. The number of hydrogen-bond donors (Lipinski definition) is 0. The number of aryl methyl sites for hydroxylation is 4. The molecule has 1 fully saturated rings. The van der Waals surface area contributed by atoms with Crippen LogP contribution in [0, 0.1) is 13.8 Å². The van der Waals surface area contributed by atoms with Gasteiger partial charge >= 0.3 is 6.09 Å². The molecular formula is C25H30N4O2S. The Balaban J connectivity index is 1.19. The monoisotopic (exact) mass is 450 g/mol. The summed E-state index contributed by atoms with van der Waals surface area (Å²) in [5, 5.41) is 0. The first-order valence-corrected chi connectivity index (χ1v) is 12.0. The SMILES string of the molecule is Cc1ccc(CCc2ccc(OC(=O)N3CCN(CCc4scnc4C)CC3)cc2)nc1. The Morgan fingerprint density at radius 1 is 0.969 bits per heavy atom. The molecule has 3 heterocycles. The normalized spacial score (nSPS) is 14.5. The Bertz CT molecular complexity index is 1010. The molecule has 6 nitrogen and oxygen atoms in total. The lowest BCUT2D eigenvalue weighted by atomic mass is 10.1. The lowest BCUT2D eigenvalue weighted by molar-refractivity contribution is 0.111. The van der Waals surface area contributed by atoms with Gasteiger partial charge in [0, 0.05) is 49.5 Å². The zero-order valence-electron chi connectivity index (χ0n) is 18.8. The van der Waals surface area contributed by atoms with Crippen LogP contribution in [0.15, 0.2) is 48.1 Å². The molecule has 0 atom stereocenters. The van der Waals surface area contributed by atoms with Gasteiger partial charge in [-0.05, 0) is 62.4 Å². The summed E-state index contributed by atoms with van der Waals surface area (Å²) in [5.74, 6) is 0.593. The first-order chi connectivity index (χ1) is 15.6. The molecule has 0 aliphatic carbocycles. The third-order valence-electron chi connectivity index (χ3n) is 5.90. The largest absolute Gasteiger partial charge is 0.415 e. The summed E-state index contributed by atoms with van der Waals surface area (Å²) < 4.78 is 5.60. The molecule has 1 amide bonds. The Hall–Kier alpha value is -2.77. The molecule has 0 radical (unpaired) electrons. The van der Waals surface area contributed by atoms with Gasteiger partial charge in [0.05, 0.1) is 11.2 Å². The summed E-state index contributed by atoms with van der Waals surface area (Å²) in [7, 11) is 0. The molecule has 168 valence electrons. The van der Waals surface area contributed by atoms with Gasteiger partial charge in [0.1, 0.15) is 5.75 Å². The van der Waals surface area contributed by atoms with Gasteiger partial charge < -0.3 is 9.64 Å². The van der Waals surface area contributed by atoms with Gasteiger partial charge in [0.25, 0.3) is 0 Å². The van der Waals surface area contributed by atoms with Gasteiger partial charge in [0.15, 0.2) is 0 Å². The Labute approximate surface area is 193 Å². The van der Waals surface area contributed by atoms with Gasteiger partial charge in [-0.2, -0.15) is 0 Å². The van der Waals surface area contributed by atoms with Crippen molar-refractivity contribution in [3.63, 3.8) is 0 Å². The standard InChI is InChI=1S/C25H30N4O2S/c1-19-3-7-22(26-17-19)8-4-21-5-9-23(10-6-21)31-25(30)29-15-13-28(14-16-29)12-11-24-20(2)27-18-32-24/h3,5-7,9-10,17-18H,4,8,11-16H2,1-2H3. The Morgan fingerprint density at radius 3 is 2.41 bits per heavy atom. The summed E-state index contributed by atoms with van der Waals surface area (Å²) >= 11 is 1.72. The van der Waals surface area contributed by atoms with E-state index in [9.17, 15) is 4.79 Å². The fourth-order valence-corrected chi connectivity index (χ4v) is 4.56. The minimum absolute atomic E-state index is 0.264. The number of thiazole rings is 1. The maximum Gasteiger partial charge on any atom is 0.415 e. The molecule has 0 spiro atoms. The number of carbonyl (C=O) groups is 1. The predicted octanol–water partition coefficient (Wildman–Crippen LogP) is 4.30. The molecule has 32 heavy (non-hydrogen) atoms. The van der Waals surface area contributed by atoms with E-state index in [0.717, 1.165) is 50.3 Å². The van der Waals surface area contributed by atoms with Crippen molar-refractivity contribution < 1.29 is 9.53 Å². The highest BCUT2D eigenvalue weighted by Gasteiger charge is 2.22. The van der Waals surface area contributed by atoms with Crippen molar-refractivity contribution in [1.29, 1.82) is 0 Å². The smallest absolute Gasteiger partial charge is 0.410 e. The molecule has 1 aliphatic heterocycles. The number of piperazine rings is 1. The van der Waals surface area contributed by atoms with Crippen LogP contribution in [0.5, 0.6) is 5.75 Å². The number of amides is 1. The molecule has 3 aromatic rings. The van der Waals surface area contributed by atoms with Crippen LogP contribution >= 0.6 is 11.3 Å². The zero-order valence-corrected chi connectivity index (χ0v) is 19.6. The van der Waals surface area contributed by atoms with Crippen molar-refractivity contribution >= 4 is 17.4 Å². The van der Waals surface area contributed by atoms with E-state index in [1.165, 1.54) is 16.0 Å². The van der Waals surface area contributed by atoms with Gasteiger partial charge in [-0.15, -0.1) is 11.3 Å². The molecule has 1 aliphatic rings. The lowest BCUT2D eigenvalue weighted by Crippen LogP contribution is -2.49. The molecule has 1 aromatic carbocycles. The van der Waals surface area contributed by atoms with Crippen molar-refractivity contribution in [2.45, 2.75) is 33.1 Å². The van der Waals surface area contributed by atoms with E-state index in [1.807, 2.05) is 42.9 Å². The van der Waals surface area contributed by atoms with E-state index in [0.29, 0.717) is 18.8 Å². The summed E-state index contributed by atoms with van der Waals surface area (Å²) in [6.07, 6.45) is 4.46. The van der Waals surface area contributed by atoms with E-state index in [4.69, 9.17) is 4.74 Å². The highest BCUT2D eigenvalue weighted by molar-refractivity contribution is 7.09. The maximum absolute atomic E-state index is 12.6. The van der Waals surface area contributed by atoms with Crippen LogP contribution in [-0.4, -0.2) is 58.6 Å². The minimum Gasteiger partial charge on any atom is -0.410 e. The minimum atomic E-state index is -0.264. The van der Waals surface area contributed by atoms with Crippen molar-refractivity contribution in [2.75, 3.05) is 32.7 Å². The van der Waals surface area contributed by atoms with Crippen LogP contribution in [0.25, 0.3) is 0 Å². The highest BCUT2D eigenvalue weighted by Crippen LogP contribution is 2.17. The van der Waals surface area contributed by atoms with Crippen LogP contribution in [-0.2, 0) is 19.3 Å². The number of pyridine rings is 1. The summed E-state index contributed by atoms with van der Waals surface area (Å²) in [6.45, 7) is 8.25. The highest BCUT2D eigenvalue weighted by atomic mass is 32.1. The molecule has 7 heteroatoms. The third-order valence-corrected chi connectivity index (χ3v) is 6.90. The van der Waals surface area contributed by atoms with E-state index in [2.05, 4.69) is 33.9 Å². The van der Waals surface area contributed by atoms with E-state index < -0.39 is 0 Å². The summed E-state index contributed by atoms with van der Waals surface area (Å²) in [5.41, 5.74) is 6.51. The van der Waals surface area contributed by atoms with Gasteiger partial charge in [-0.1, -0.05) is 18.2 Å². The Kier molecular flexibility index (Phi) is 7.50. The molecule has 0 saturated carbocycles. The average molecular weight is 451 g/mol. The number of aromatic nitrogens is 2. The fourth-order valence-electron chi connectivity index (χ4n) is 3.79. The maximum atomic E-state index is 12.6. The predicted molar refractivity (Wildman–Crippen MR) is 127 cm³/mol. The first kappa shape index (κ1) is 22.4. The van der Waals surface area contributed by atoms with Crippen LogP contribution < -0.4 is 4.74 Å². The number of benzene rings is 1. The van der Waals surface area contributed by atoms with Crippen LogP contribution in [0.1, 0.15) is 27.4 Å². The van der Waals surface area contributed by atoms with E-state index >= 15 is 0 Å². The van der Waals surface area contributed by atoms with Crippen molar-refractivity contribution in [3.8, 4) is 5.75 Å². The number of carbonyl (C=O) groups excluding carboxylic acids is 1. The second kappa shape index (κ2) is 10.7. The molecule has 0 N–H and O–H groups in total. The van der Waals surface area contributed by atoms with Crippen LogP contribution in [0.2, 0.25) is 0 Å². The quantitative estimate of drug-likeness (QED) is 0.537. The zero-order chi connectivity index (χ0) is 22.3. The van der Waals surface area contributed by atoms with Crippen molar-refractivity contribution in [1.82, 2.24) is 19.8 Å². The molecule has 2 aromatic heterocycles. The second-order valence-electron chi connectivity index (χ2n) is 8.28. The Morgan fingerprint density at radius 2 is 1.75 bits per heavy atom. The molecular weight excluding hydrogens is 420 g/mol. The first-order valence-electron chi connectivity index (χ1n) is 11.2. The summed E-state index contributed by atoms with van der Waals surface area (Å²) in [6, 6.07) is 12.0. The number of rotatable bonds is 7. The third kappa shape index (κ3) is 6.14. The molecule has 4 rings (SSSR count). The van der Waals surface area contributed by atoms with Crippen LogP contribution in [0.3, 0.4) is 0 Å². The van der Waals surface area contributed by atoms with Crippen molar-refractivity contribution in [3.05, 3.63) is 75.5 Å². The fraction of sp³-hybridized carbons (Fsp3) is 0.400. The van der Waals surface area contributed by atoms with Gasteiger partial charge in [-0.3, -0.25) is 9.88 Å². The van der Waals surface area contributed by atoms with E-state index in [-0.39, 0.29) is 6.09 Å². The van der Waals surface area contributed by atoms with E-state index in [1.54, 1.807) is 16.2 Å². The van der Waals surface area contributed by atoms with Crippen molar-refractivity contribution in [2.24, 2.45) is 0 Å². The lowest BCUT2D eigenvalue weighted by Gasteiger charge is -2.33. The number of nitrogens with zero attached hydrogens (tertiary/aromatic N) is 4. The summed E-state index contributed by atoms with van der Waals surface area (Å²) in [4.78, 5) is 26.9. The van der Waals surface area contributed by atoms with Gasteiger partial charge in [0.2, 0.25) is 0 Å². The molecule has 0 bridgehead atoms. The topological polar surface area (TPSA) is 58.6 Å². The second-order valence-corrected chi connectivity index (χ2v) is 9.22. The average Bonchev–Trinajstić information content (AvgIpc) is 3.23. The van der Waals surface area contributed by atoms with Gasteiger partial charge in [-0.25, -0.2) is 9.78 Å². The molecule has 1 saturated heterocycles. The number of ether oxygens (including phenoxy) is 1.